The molecule has 6 heteroatoms. The number of para-hydroxylation sites is 1. The lowest BCUT2D eigenvalue weighted by Gasteiger charge is -2.25. The Balaban J connectivity index is 1.08. The maximum atomic E-state index is 6.83. The molecule has 13 aromatic rings. The van der Waals surface area contributed by atoms with E-state index in [4.69, 9.17) is 14.4 Å². The van der Waals surface area contributed by atoms with Crippen molar-refractivity contribution in [2.45, 2.75) is 6.17 Å². The molecule has 10 aromatic carbocycles. The number of nitrogens with zero attached hydrogens (tertiary/aromatic N) is 3. The van der Waals surface area contributed by atoms with Crippen LogP contribution in [0.15, 0.2) is 209 Å². The summed E-state index contributed by atoms with van der Waals surface area (Å²) in [5.41, 5.74) is 7.93. The van der Waals surface area contributed by atoms with Crippen LogP contribution in [0.2, 0.25) is 0 Å². The Kier molecular flexibility index (Phi) is 7.27. The molecule has 1 N–H and O–H groups in total. The van der Waals surface area contributed by atoms with Gasteiger partial charge in [-0.2, -0.15) is 0 Å². The lowest BCUT2D eigenvalue weighted by molar-refractivity contribution is 0.668. The summed E-state index contributed by atoms with van der Waals surface area (Å²) >= 11 is 1.80. The molecule has 0 amide bonds. The Hall–Kier alpha value is -8.06. The maximum absolute atomic E-state index is 6.83. The SMILES string of the molecule is c1ccc2cc3c(cc2c1)c1c2ccccc2ccc1n3-c1cc(C2=NC(c3cccc4c3sc3ccccc34)=NC(c3cccc4ccccc34)N2)c2c(c1)oc1ccccc12. The monoisotopic (exact) mass is 822 g/mol. The van der Waals surface area contributed by atoms with Crippen molar-refractivity contribution in [3.63, 3.8) is 0 Å². The molecular weight excluding hydrogens is 789 g/mol. The van der Waals surface area contributed by atoms with E-state index in [1.54, 1.807) is 11.3 Å². The first-order valence-corrected chi connectivity index (χ1v) is 22.2. The lowest BCUT2D eigenvalue weighted by Crippen LogP contribution is -2.34. The summed E-state index contributed by atoms with van der Waals surface area (Å²) in [6, 6.07) is 69.6. The number of thiophene rings is 1. The second-order valence-electron chi connectivity index (χ2n) is 16.5. The van der Waals surface area contributed by atoms with E-state index in [1.165, 1.54) is 57.9 Å². The molecule has 1 aliphatic rings. The quantitative estimate of drug-likeness (QED) is 0.192. The zero-order valence-corrected chi connectivity index (χ0v) is 34.5. The third-order valence-electron chi connectivity index (χ3n) is 13.0. The van der Waals surface area contributed by atoms with Gasteiger partial charge >= 0.3 is 0 Å². The molecule has 1 unspecified atom stereocenters. The predicted octanol–water partition coefficient (Wildman–Crippen LogP) is 15.0. The van der Waals surface area contributed by atoms with Crippen LogP contribution in [0.25, 0.3) is 102 Å². The van der Waals surface area contributed by atoms with E-state index in [2.05, 4.69) is 198 Å². The number of hydrogen-bond donors (Lipinski definition) is 1. The molecule has 0 bridgehead atoms. The van der Waals surface area contributed by atoms with Crippen molar-refractivity contribution in [1.29, 1.82) is 0 Å². The van der Waals surface area contributed by atoms with E-state index in [0.717, 1.165) is 66.6 Å². The van der Waals surface area contributed by atoms with Crippen molar-refractivity contribution in [1.82, 2.24) is 9.88 Å². The molecule has 0 aliphatic carbocycles. The number of rotatable bonds is 4. The van der Waals surface area contributed by atoms with E-state index in [1.807, 2.05) is 6.07 Å². The van der Waals surface area contributed by atoms with Crippen molar-refractivity contribution in [2.75, 3.05) is 0 Å². The number of benzene rings is 10. The molecule has 4 heterocycles. The normalized spacial score (nSPS) is 14.5. The first-order valence-electron chi connectivity index (χ1n) is 21.3. The molecule has 0 saturated carbocycles. The molecule has 294 valence electrons. The molecule has 0 spiro atoms. The van der Waals surface area contributed by atoms with Crippen LogP contribution >= 0.6 is 11.3 Å². The van der Waals surface area contributed by atoms with Crippen LogP contribution in [0.1, 0.15) is 22.9 Å². The number of nitrogens with one attached hydrogen (secondary N) is 1. The van der Waals surface area contributed by atoms with Gasteiger partial charge in [0.25, 0.3) is 0 Å². The Morgan fingerprint density at radius 3 is 2.03 bits per heavy atom. The summed E-state index contributed by atoms with van der Waals surface area (Å²) in [5, 5.41) is 18.0. The highest BCUT2D eigenvalue weighted by Crippen LogP contribution is 2.43. The van der Waals surface area contributed by atoms with Gasteiger partial charge in [-0.3, -0.25) is 0 Å². The largest absolute Gasteiger partial charge is 0.456 e. The topological polar surface area (TPSA) is 54.8 Å². The smallest absolute Gasteiger partial charge is 0.160 e. The molecule has 1 atom stereocenters. The zero-order valence-electron chi connectivity index (χ0n) is 33.7. The zero-order chi connectivity index (χ0) is 41.2. The lowest BCUT2D eigenvalue weighted by atomic mass is 10.00. The standard InChI is InChI=1S/C57H34N4OS/c1-2-16-36-30-48-45(29-35(36)15-1)52-39-19-6-4-14-34(39)27-28-47(52)61(48)37-31-46(53-43-21-7-9-25-49(43)62-50(53)32-37)57-59-55(42-23-11-17-33-13-3-5-18-38(33)42)58-56(60-57)44-24-12-22-41-40-20-8-10-26-51(40)63-54(41)44/h1-32,55H,(H,58,59,60). The molecule has 63 heavy (non-hydrogen) atoms. The van der Waals surface area contributed by atoms with Crippen molar-refractivity contribution < 1.29 is 4.42 Å². The van der Waals surface area contributed by atoms with Gasteiger partial charge in [0.05, 0.1) is 16.7 Å². The minimum Gasteiger partial charge on any atom is -0.456 e. The summed E-state index contributed by atoms with van der Waals surface area (Å²) in [4.78, 5) is 11.1. The minimum atomic E-state index is -0.425. The number of aromatic nitrogens is 1. The Bertz CT molecular complexity index is 4140. The fraction of sp³-hybridized carbons (Fsp3) is 0.0175. The molecule has 0 fully saturated rings. The second kappa shape index (κ2) is 13.2. The fourth-order valence-electron chi connectivity index (χ4n) is 10.2. The van der Waals surface area contributed by atoms with E-state index in [9.17, 15) is 0 Å². The predicted molar refractivity (Wildman–Crippen MR) is 265 cm³/mol. The number of amidine groups is 2. The Morgan fingerprint density at radius 1 is 0.476 bits per heavy atom. The van der Waals surface area contributed by atoms with Gasteiger partial charge in [-0.25, -0.2) is 9.98 Å². The van der Waals surface area contributed by atoms with Crippen LogP contribution in [0.3, 0.4) is 0 Å². The van der Waals surface area contributed by atoms with E-state index in [-0.39, 0.29) is 0 Å². The van der Waals surface area contributed by atoms with Gasteiger partial charge in [0.2, 0.25) is 0 Å². The molecular formula is C57H34N4OS. The molecule has 0 saturated heterocycles. The van der Waals surface area contributed by atoms with Crippen LogP contribution < -0.4 is 5.32 Å². The summed E-state index contributed by atoms with van der Waals surface area (Å²) in [7, 11) is 0. The highest BCUT2D eigenvalue weighted by molar-refractivity contribution is 7.26. The molecule has 0 radical (unpaired) electrons. The van der Waals surface area contributed by atoms with Gasteiger partial charge in [-0.15, -0.1) is 11.3 Å². The van der Waals surface area contributed by atoms with Crippen LogP contribution in [0.5, 0.6) is 0 Å². The molecule has 14 rings (SSSR count). The second-order valence-corrected chi connectivity index (χ2v) is 17.6. The number of aliphatic imine (C=N–C) groups is 2. The molecule has 5 nitrogen and oxygen atoms in total. The van der Waals surface area contributed by atoms with Crippen LogP contribution in [-0.4, -0.2) is 16.2 Å². The van der Waals surface area contributed by atoms with E-state index >= 15 is 0 Å². The van der Waals surface area contributed by atoms with Crippen LogP contribution in [-0.2, 0) is 0 Å². The first-order chi connectivity index (χ1) is 31.2. The van der Waals surface area contributed by atoms with Crippen molar-refractivity contribution in [2.24, 2.45) is 9.98 Å². The third kappa shape index (κ3) is 5.16. The highest BCUT2D eigenvalue weighted by atomic mass is 32.1. The first kappa shape index (κ1) is 34.6. The van der Waals surface area contributed by atoms with Crippen molar-refractivity contribution in [3.05, 3.63) is 211 Å². The summed E-state index contributed by atoms with van der Waals surface area (Å²) in [6.07, 6.45) is -0.425. The Labute approximate surface area is 364 Å². The van der Waals surface area contributed by atoms with Gasteiger partial charge in [0.1, 0.15) is 23.2 Å². The summed E-state index contributed by atoms with van der Waals surface area (Å²) < 4.78 is 11.7. The van der Waals surface area contributed by atoms with Gasteiger partial charge in [0, 0.05) is 64.5 Å². The number of hydrogen-bond acceptors (Lipinski definition) is 5. The van der Waals surface area contributed by atoms with Crippen molar-refractivity contribution >= 4 is 119 Å². The van der Waals surface area contributed by atoms with Gasteiger partial charge < -0.3 is 14.3 Å². The van der Waals surface area contributed by atoms with Crippen LogP contribution in [0, 0.1) is 0 Å². The van der Waals surface area contributed by atoms with Crippen LogP contribution in [0.4, 0.5) is 0 Å². The third-order valence-corrected chi connectivity index (χ3v) is 14.2. The van der Waals surface area contributed by atoms with Gasteiger partial charge in [0.15, 0.2) is 5.84 Å². The van der Waals surface area contributed by atoms with Gasteiger partial charge in [-0.1, -0.05) is 146 Å². The van der Waals surface area contributed by atoms with Crippen molar-refractivity contribution in [3.8, 4) is 5.69 Å². The number of furan rings is 1. The Morgan fingerprint density at radius 2 is 1.16 bits per heavy atom. The fourth-order valence-corrected chi connectivity index (χ4v) is 11.4. The van der Waals surface area contributed by atoms with Gasteiger partial charge in [-0.05, 0) is 74.8 Å². The average Bonchev–Trinajstić information content (AvgIpc) is 4.02. The van der Waals surface area contributed by atoms with E-state index < -0.39 is 6.17 Å². The summed E-state index contributed by atoms with van der Waals surface area (Å²) in [6.45, 7) is 0. The van der Waals surface area contributed by atoms with E-state index in [0.29, 0.717) is 5.84 Å². The summed E-state index contributed by atoms with van der Waals surface area (Å²) in [5.74, 6) is 1.44. The maximum Gasteiger partial charge on any atom is 0.160 e. The molecule has 1 aliphatic heterocycles. The highest BCUT2D eigenvalue weighted by Gasteiger charge is 2.28. The number of fused-ring (bicyclic) bond motifs is 13. The average molecular weight is 823 g/mol. The molecule has 3 aromatic heterocycles. The minimum absolute atomic E-state index is 0.425.